The second-order valence-corrected chi connectivity index (χ2v) is 7.10. The van der Waals surface area contributed by atoms with Crippen molar-refractivity contribution in [1.29, 1.82) is 0 Å². The summed E-state index contributed by atoms with van der Waals surface area (Å²) >= 11 is 0. The maximum atomic E-state index is 13.3. The Hall–Kier alpha value is -4.21. The largest absolute Gasteiger partial charge is 0.487 e. The Balaban J connectivity index is 1.70. The van der Waals surface area contributed by atoms with Crippen LogP contribution in [0, 0.1) is 5.82 Å². The number of benzene rings is 2. The van der Waals surface area contributed by atoms with Gasteiger partial charge >= 0.3 is 6.18 Å². The van der Waals surface area contributed by atoms with Gasteiger partial charge in [-0.1, -0.05) is 6.07 Å². The van der Waals surface area contributed by atoms with Crippen LogP contribution >= 0.6 is 0 Å². The molecule has 0 saturated carbocycles. The molecule has 0 unspecified atom stereocenters. The molecular formula is C23H15F4N3O3. The molecule has 0 aliphatic heterocycles. The summed E-state index contributed by atoms with van der Waals surface area (Å²) in [6.07, 6.45) is -2.31. The van der Waals surface area contributed by atoms with Crippen molar-refractivity contribution in [3.05, 3.63) is 99.9 Å². The first-order valence-electron chi connectivity index (χ1n) is 9.53. The van der Waals surface area contributed by atoms with E-state index in [9.17, 15) is 27.2 Å². The molecule has 4 rings (SSSR count). The molecule has 2 N–H and O–H groups in total. The monoisotopic (exact) mass is 457 g/mol. The van der Waals surface area contributed by atoms with E-state index in [2.05, 4.69) is 4.98 Å². The number of amides is 1. The zero-order valence-corrected chi connectivity index (χ0v) is 16.8. The smallest absolute Gasteiger partial charge is 0.433 e. The number of nitrogens with zero attached hydrogens (tertiary/aromatic N) is 2. The van der Waals surface area contributed by atoms with Crippen LogP contribution < -0.4 is 15.9 Å². The Morgan fingerprint density at radius 2 is 1.79 bits per heavy atom. The van der Waals surface area contributed by atoms with E-state index in [0.717, 1.165) is 18.3 Å². The number of halogens is 4. The maximum absolute atomic E-state index is 13.3. The van der Waals surface area contributed by atoms with E-state index < -0.39 is 29.0 Å². The number of aromatic nitrogens is 2. The summed E-state index contributed by atoms with van der Waals surface area (Å²) in [5.74, 6) is -1.26. The number of hydrogen-bond donors (Lipinski definition) is 1. The van der Waals surface area contributed by atoms with Crippen LogP contribution in [-0.2, 0) is 12.8 Å². The third-order valence-corrected chi connectivity index (χ3v) is 4.87. The Bertz CT molecular complexity index is 1400. The van der Waals surface area contributed by atoms with Gasteiger partial charge in [-0.15, -0.1) is 0 Å². The zero-order chi connectivity index (χ0) is 23.8. The van der Waals surface area contributed by atoms with Crippen LogP contribution in [0.2, 0.25) is 0 Å². The molecule has 0 spiro atoms. The van der Waals surface area contributed by atoms with Crippen LogP contribution in [0.15, 0.2) is 71.8 Å². The lowest BCUT2D eigenvalue weighted by atomic mass is 10.1. The molecule has 1 amide bonds. The van der Waals surface area contributed by atoms with Crippen molar-refractivity contribution in [3.8, 4) is 11.4 Å². The molecule has 0 radical (unpaired) electrons. The Labute approximate surface area is 183 Å². The molecule has 6 nitrogen and oxygen atoms in total. The molecule has 33 heavy (non-hydrogen) atoms. The average molecular weight is 457 g/mol. The highest BCUT2D eigenvalue weighted by Gasteiger charge is 2.32. The molecule has 0 bridgehead atoms. The minimum atomic E-state index is -4.56. The summed E-state index contributed by atoms with van der Waals surface area (Å²) in [6.45, 7) is -0.0697. The molecule has 0 aliphatic carbocycles. The van der Waals surface area contributed by atoms with Crippen LogP contribution in [0.5, 0.6) is 5.75 Å². The first-order chi connectivity index (χ1) is 15.6. The van der Waals surface area contributed by atoms with Gasteiger partial charge in [-0.2, -0.15) is 13.2 Å². The second-order valence-electron chi connectivity index (χ2n) is 7.10. The highest BCUT2D eigenvalue weighted by molar-refractivity contribution is 5.96. The highest BCUT2D eigenvalue weighted by Crippen LogP contribution is 2.28. The van der Waals surface area contributed by atoms with Crippen molar-refractivity contribution in [2.75, 3.05) is 0 Å². The SMILES string of the molecule is NC(=O)c1cn(-c2ccc(F)cc2)c2ccc(COc3ccc(C(F)(F)F)nc3)cc2c1=O. The van der Waals surface area contributed by atoms with Crippen molar-refractivity contribution in [2.45, 2.75) is 12.8 Å². The van der Waals surface area contributed by atoms with Crippen molar-refractivity contribution in [3.63, 3.8) is 0 Å². The molecule has 2 heterocycles. The summed E-state index contributed by atoms with van der Waals surface area (Å²) in [7, 11) is 0. The lowest BCUT2D eigenvalue weighted by Crippen LogP contribution is -2.24. The van der Waals surface area contributed by atoms with Gasteiger partial charge in [0.2, 0.25) is 5.43 Å². The van der Waals surface area contributed by atoms with Crippen LogP contribution in [0.1, 0.15) is 21.6 Å². The molecule has 168 valence electrons. The molecule has 4 aromatic rings. The van der Waals surface area contributed by atoms with Crippen LogP contribution in [-0.4, -0.2) is 15.5 Å². The van der Waals surface area contributed by atoms with Crippen molar-refractivity contribution in [1.82, 2.24) is 9.55 Å². The fraction of sp³-hybridized carbons (Fsp3) is 0.0870. The first-order valence-corrected chi connectivity index (χ1v) is 9.53. The standard InChI is InChI=1S/C23H15F4N3O3/c24-14-2-4-15(5-3-14)30-11-18(22(28)32)21(31)17-9-13(1-7-19(17)30)12-33-16-6-8-20(29-10-16)23(25,26)27/h1-11H,12H2,(H2,28,32). The third kappa shape index (κ3) is 4.54. The molecule has 0 aliphatic rings. The fourth-order valence-electron chi connectivity index (χ4n) is 3.26. The molecular weight excluding hydrogens is 442 g/mol. The second kappa shape index (κ2) is 8.38. The summed E-state index contributed by atoms with van der Waals surface area (Å²) in [6, 6.07) is 12.2. The lowest BCUT2D eigenvalue weighted by Gasteiger charge is -2.14. The van der Waals surface area contributed by atoms with Gasteiger partial charge in [-0.05, 0) is 54.1 Å². The Morgan fingerprint density at radius 1 is 1.06 bits per heavy atom. The number of nitrogens with two attached hydrogens (primary N) is 1. The number of carbonyl (C=O) groups is 1. The van der Waals surface area contributed by atoms with E-state index in [4.69, 9.17) is 10.5 Å². The van der Waals surface area contributed by atoms with Gasteiger partial charge in [0, 0.05) is 17.3 Å². The zero-order valence-electron chi connectivity index (χ0n) is 16.8. The summed E-state index contributed by atoms with van der Waals surface area (Å²) in [5, 5.41) is 0.169. The summed E-state index contributed by atoms with van der Waals surface area (Å²) in [4.78, 5) is 28.0. The summed E-state index contributed by atoms with van der Waals surface area (Å²) < 4.78 is 58.3. The normalized spacial score (nSPS) is 11.5. The molecule has 0 fully saturated rings. The van der Waals surface area contributed by atoms with Crippen molar-refractivity contribution < 1.29 is 27.1 Å². The molecule has 0 atom stereocenters. The van der Waals surface area contributed by atoms with E-state index in [1.807, 2.05) is 0 Å². The van der Waals surface area contributed by atoms with Crippen LogP contribution in [0.4, 0.5) is 17.6 Å². The van der Waals surface area contributed by atoms with Gasteiger partial charge in [0.15, 0.2) is 0 Å². The van der Waals surface area contributed by atoms with Crippen molar-refractivity contribution >= 4 is 16.8 Å². The number of ether oxygens (including phenoxy) is 1. The highest BCUT2D eigenvalue weighted by atomic mass is 19.4. The van der Waals surface area contributed by atoms with E-state index in [-0.39, 0.29) is 23.3 Å². The first kappa shape index (κ1) is 22.0. The van der Waals surface area contributed by atoms with Gasteiger partial charge in [-0.3, -0.25) is 9.59 Å². The van der Waals surface area contributed by atoms with E-state index in [1.165, 1.54) is 36.5 Å². The number of pyridine rings is 2. The summed E-state index contributed by atoms with van der Waals surface area (Å²) in [5.41, 5.74) is 4.95. The molecule has 10 heteroatoms. The number of alkyl halides is 3. The topological polar surface area (TPSA) is 87.2 Å². The van der Waals surface area contributed by atoms with Gasteiger partial charge in [0.1, 0.15) is 29.4 Å². The van der Waals surface area contributed by atoms with E-state index in [0.29, 0.717) is 16.8 Å². The van der Waals surface area contributed by atoms with Gasteiger partial charge < -0.3 is 15.0 Å². The van der Waals surface area contributed by atoms with Gasteiger partial charge in [0.25, 0.3) is 5.91 Å². The van der Waals surface area contributed by atoms with Crippen molar-refractivity contribution in [2.24, 2.45) is 5.73 Å². The number of hydrogen-bond acceptors (Lipinski definition) is 4. The minimum absolute atomic E-state index is 0.0697. The molecule has 2 aromatic carbocycles. The Kier molecular flexibility index (Phi) is 5.59. The van der Waals surface area contributed by atoms with E-state index >= 15 is 0 Å². The lowest BCUT2D eigenvalue weighted by molar-refractivity contribution is -0.141. The molecule has 0 saturated heterocycles. The average Bonchev–Trinajstić information content (AvgIpc) is 2.78. The van der Waals surface area contributed by atoms with Crippen LogP contribution in [0.3, 0.4) is 0 Å². The van der Waals surface area contributed by atoms with Gasteiger partial charge in [-0.25, -0.2) is 9.37 Å². The quantitative estimate of drug-likeness (QED) is 0.455. The number of carbonyl (C=O) groups excluding carboxylic acids is 1. The minimum Gasteiger partial charge on any atom is -0.487 e. The Morgan fingerprint density at radius 3 is 2.39 bits per heavy atom. The number of primary amides is 1. The number of fused-ring (bicyclic) bond motifs is 1. The van der Waals surface area contributed by atoms with Gasteiger partial charge in [0.05, 0.1) is 11.7 Å². The predicted molar refractivity (Wildman–Crippen MR) is 112 cm³/mol. The molecule has 2 aromatic heterocycles. The third-order valence-electron chi connectivity index (χ3n) is 4.87. The van der Waals surface area contributed by atoms with E-state index in [1.54, 1.807) is 16.7 Å². The predicted octanol–water partition coefficient (Wildman–Crippen LogP) is 4.22. The fourth-order valence-corrected chi connectivity index (χ4v) is 3.26. The number of rotatable bonds is 5. The van der Waals surface area contributed by atoms with Crippen LogP contribution in [0.25, 0.3) is 16.6 Å². The maximum Gasteiger partial charge on any atom is 0.433 e.